The molecule has 0 aromatic rings. The zero-order valence-electron chi connectivity index (χ0n) is 21.3. The Balaban J connectivity index is 3.74. The van der Waals surface area contributed by atoms with E-state index in [2.05, 4.69) is 24.4 Å². The largest absolute Gasteiger partial charge is 0.440 e. The molecule has 6 nitrogen and oxygen atoms in total. The third kappa shape index (κ3) is 16.3. The van der Waals surface area contributed by atoms with Crippen molar-refractivity contribution in [1.82, 2.24) is 5.32 Å². The molecular weight excluding hydrogens is 406 g/mol. The first-order chi connectivity index (χ1) is 15.3. The molecular formula is C26H49NO5. The Kier molecular flexibility index (Phi) is 18.3. The number of unbranched alkanes of at least 4 members (excludes halogenated alkanes) is 8. The Morgan fingerprint density at radius 2 is 1.62 bits per heavy atom. The lowest BCUT2D eigenvalue weighted by Crippen LogP contribution is -2.44. The number of ether oxygens (including phenoxy) is 2. The lowest BCUT2D eigenvalue weighted by Gasteiger charge is -2.25. The van der Waals surface area contributed by atoms with E-state index in [4.69, 9.17) is 9.47 Å². The number of carbonyl (C=O) groups is 2. The molecule has 0 aromatic heterocycles. The first-order valence-electron chi connectivity index (χ1n) is 12.6. The molecule has 0 spiro atoms. The van der Waals surface area contributed by atoms with E-state index < -0.39 is 17.8 Å². The number of aliphatic hydroxyl groups excluding tert-OH is 1. The minimum atomic E-state index is -1.03. The van der Waals surface area contributed by atoms with Crippen LogP contribution in [0.4, 0.5) is 0 Å². The van der Waals surface area contributed by atoms with Gasteiger partial charge >= 0.3 is 5.97 Å². The number of hydrogen-bond donors (Lipinski definition) is 2. The van der Waals surface area contributed by atoms with Gasteiger partial charge in [0, 0.05) is 20.0 Å². The highest BCUT2D eigenvalue weighted by Crippen LogP contribution is 2.13. The molecule has 0 aliphatic rings. The van der Waals surface area contributed by atoms with E-state index >= 15 is 0 Å². The van der Waals surface area contributed by atoms with Crippen molar-refractivity contribution in [3.63, 3.8) is 0 Å². The molecule has 188 valence electrons. The van der Waals surface area contributed by atoms with Crippen molar-refractivity contribution < 1.29 is 24.2 Å². The van der Waals surface area contributed by atoms with E-state index in [1.165, 1.54) is 26.4 Å². The second kappa shape index (κ2) is 19.1. The Morgan fingerprint density at radius 3 is 2.28 bits per heavy atom. The maximum Gasteiger partial charge on any atom is 0.339 e. The van der Waals surface area contributed by atoms with E-state index in [1.807, 2.05) is 6.92 Å². The number of amides is 1. The summed E-state index contributed by atoms with van der Waals surface area (Å²) in [6.45, 7) is 7.34. The summed E-state index contributed by atoms with van der Waals surface area (Å²) in [5, 5.41) is 12.7. The fourth-order valence-corrected chi connectivity index (χ4v) is 3.19. The van der Waals surface area contributed by atoms with Gasteiger partial charge in [0.05, 0.1) is 6.10 Å². The summed E-state index contributed by atoms with van der Waals surface area (Å²) in [5.74, 6) is -0.571. The standard InChI is InChI=1S/C26H49NO5/c1-6-8-9-16-19-22(28)20-17-14-12-10-11-13-15-18-21-23(29)27-24(7-2)32-25(30)26(3,4)31-5/h14,17,22,24,28H,6-13,15-16,18-21H2,1-5H3,(H,27,29)/t22-,24?/m1/s1. The van der Waals surface area contributed by atoms with Crippen molar-refractivity contribution in [3.05, 3.63) is 12.2 Å². The van der Waals surface area contributed by atoms with E-state index in [0.29, 0.717) is 12.8 Å². The van der Waals surface area contributed by atoms with Crippen LogP contribution in [0.2, 0.25) is 0 Å². The zero-order chi connectivity index (χ0) is 24.2. The van der Waals surface area contributed by atoms with Crippen LogP contribution in [-0.2, 0) is 19.1 Å². The lowest BCUT2D eigenvalue weighted by molar-refractivity contribution is -0.173. The average Bonchev–Trinajstić information content (AvgIpc) is 2.77. The predicted molar refractivity (Wildman–Crippen MR) is 130 cm³/mol. The van der Waals surface area contributed by atoms with E-state index in [0.717, 1.165) is 57.8 Å². The Bertz CT molecular complexity index is 518. The minimum Gasteiger partial charge on any atom is -0.440 e. The van der Waals surface area contributed by atoms with Gasteiger partial charge in [0.15, 0.2) is 11.8 Å². The molecule has 1 amide bonds. The Morgan fingerprint density at radius 1 is 0.969 bits per heavy atom. The fraction of sp³-hybridized carbons (Fsp3) is 0.846. The number of allylic oxidation sites excluding steroid dienone is 1. The molecule has 0 fully saturated rings. The number of hydrogen-bond acceptors (Lipinski definition) is 5. The minimum absolute atomic E-state index is 0.0870. The normalized spacial score (nSPS) is 13.8. The van der Waals surface area contributed by atoms with Gasteiger partial charge < -0.3 is 19.9 Å². The van der Waals surface area contributed by atoms with E-state index in [-0.39, 0.29) is 12.0 Å². The van der Waals surface area contributed by atoms with Crippen molar-refractivity contribution in [1.29, 1.82) is 0 Å². The molecule has 0 aromatic carbocycles. The second-order valence-corrected chi connectivity index (χ2v) is 9.10. The Hall–Kier alpha value is -1.40. The predicted octanol–water partition coefficient (Wildman–Crippen LogP) is 5.82. The maximum absolute atomic E-state index is 12.1. The van der Waals surface area contributed by atoms with E-state index in [1.54, 1.807) is 13.8 Å². The highest BCUT2D eigenvalue weighted by molar-refractivity contribution is 5.80. The molecule has 0 saturated carbocycles. The van der Waals surface area contributed by atoms with Gasteiger partial charge in [-0.1, -0.05) is 70.9 Å². The third-order valence-electron chi connectivity index (χ3n) is 5.68. The van der Waals surface area contributed by atoms with Gasteiger partial charge in [0.25, 0.3) is 0 Å². The zero-order valence-corrected chi connectivity index (χ0v) is 21.3. The van der Waals surface area contributed by atoms with Crippen molar-refractivity contribution in [2.45, 2.75) is 136 Å². The highest BCUT2D eigenvalue weighted by Gasteiger charge is 2.31. The maximum atomic E-state index is 12.1. The number of aliphatic hydroxyl groups is 1. The summed E-state index contributed by atoms with van der Waals surface area (Å²) in [7, 11) is 1.46. The third-order valence-corrected chi connectivity index (χ3v) is 5.68. The number of rotatable bonds is 20. The van der Waals surface area contributed by atoms with Crippen LogP contribution >= 0.6 is 0 Å². The molecule has 0 rings (SSSR count). The number of esters is 1. The highest BCUT2D eigenvalue weighted by atomic mass is 16.6. The second-order valence-electron chi connectivity index (χ2n) is 9.10. The molecule has 6 heteroatoms. The van der Waals surface area contributed by atoms with Gasteiger partial charge in [-0.3, -0.25) is 4.79 Å². The quantitative estimate of drug-likeness (QED) is 0.105. The summed E-state index contributed by atoms with van der Waals surface area (Å²) in [6, 6.07) is 0. The SMILES string of the molecule is CCCCCC[C@@H](O)CC=CCCCCCCCC(=O)NC(CC)OC(=O)C(C)(C)OC. The molecule has 0 heterocycles. The molecule has 0 aliphatic carbocycles. The number of nitrogens with one attached hydrogen (secondary N) is 1. The van der Waals surface area contributed by atoms with Crippen LogP contribution in [0.15, 0.2) is 12.2 Å². The molecule has 0 radical (unpaired) electrons. The lowest BCUT2D eigenvalue weighted by atomic mass is 10.1. The average molecular weight is 456 g/mol. The number of methoxy groups -OCH3 is 1. The fourth-order valence-electron chi connectivity index (χ4n) is 3.19. The number of carbonyl (C=O) groups excluding carboxylic acids is 2. The molecule has 0 saturated heterocycles. The van der Waals surface area contributed by atoms with Gasteiger partial charge in [-0.05, 0) is 46.0 Å². The van der Waals surface area contributed by atoms with Crippen molar-refractivity contribution in [2.24, 2.45) is 0 Å². The van der Waals surface area contributed by atoms with Crippen LogP contribution in [-0.4, -0.2) is 42.0 Å². The van der Waals surface area contributed by atoms with Crippen molar-refractivity contribution in [3.8, 4) is 0 Å². The van der Waals surface area contributed by atoms with Crippen molar-refractivity contribution >= 4 is 11.9 Å². The summed E-state index contributed by atoms with van der Waals surface area (Å²) < 4.78 is 10.5. The van der Waals surface area contributed by atoms with Gasteiger partial charge in [-0.2, -0.15) is 0 Å². The molecule has 0 bridgehead atoms. The molecule has 1 unspecified atom stereocenters. The van der Waals surface area contributed by atoms with Crippen LogP contribution in [0.5, 0.6) is 0 Å². The topological polar surface area (TPSA) is 84.9 Å². The molecule has 32 heavy (non-hydrogen) atoms. The van der Waals surface area contributed by atoms with Crippen LogP contribution in [0.3, 0.4) is 0 Å². The Labute approximate surface area is 196 Å². The van der Waals surface area contributed by atoms with Crippen LogP contribution in [0, 0.1) is 0 Å². The van der Waals surface area contributed by atoms with Gasteiger partial charge in [0.2, 0.25) is 5.91 Å². The van der Waals surface area contributed by atoms with Crippen LogP contribution < -0.4 is 5.32 Å². The molecule has 2 N–H and O–H groups in total. The molecule has 0 aliphatic heterocycles. The van der Waals surface area contributed by atoms with E-state index in [9.17, 15) is 14.7 Å². The summed E-state index contributed by atoms with van der Waals surface area (Å²) in [4.78, 5) is 24.2. The smallest absolute Gasteiger partial charge is 0.339 e. The van der Waals surface area contributed by atoms with Gasteiger partial charge in [-0.25, -0.2) is 4.79 Å². The molecule has 2 atom stereocenters. The first-order valence-corrected chi connectivity index (χ1v) is 12.6. The monoisotopic (exact) mass is 455 g/mol. The van der Waals surface area contributed by atoms with Gasteiger partial charge in [-0.15, -0.1) is 0 Å². The summed E-state index contributed by atoms with van der Waals surface area (Å²) in [6.07, 6.45) is 17.2. The van der Waals surface area contributed by atoms with Gasteiger partial charge in [0.1, 0.15) is 0 Å². The van der Waals surface area contributed by atoms with Crippen LogP contribution in [0.25, 0.3) is 0 Å². The summed E-state index contributed by atoms with van der Waals surface area (Å²) >= 11 is 0. The van der Waals surface area contributed by atoms with Crippen LogP contribution in [0.1, 0.15) is 118 Å². The van der Waals surface area contributed by atoms with Crippen molar-refractivity contribution in [2.75, 3.05) is 7.11 Å². The summed E-state index contributed by atoms with van der Waals surface area (Å²) in [5.41, 5.74) is -1.03. The first kappa shape index (κ1) is 30.6.